The second-order valence-electron chi connectivity index (χ2n) is 7.04. The lowest BCUT2D eigenvalue weighted by Crippen LogP contribution is -2.48. The van der Waals surface area contributed by atoms with Gasteiger partial charge >= 0.3 is 0 Å². The summed E-state index contributed by atoms with van der Waals surface area (Å²) in [6.07, 6.45) is 1.78. The number of anilines is 1. The summed E-state index contributed by atoms with van der Waals surface area (Å²) >= 11 is 6.02. The first kappa shape index (κ1) is 22.2. The Morgan fingerprint density at radius 2 is 1.86 bits per heavy atom. The number of amides is 1. The quantitative estimate of drug-likeness (QED) is 0.720. The fraction of sp³-hybridized carbons (Fsp3) is 0.381. The number of carbonyl (C=O) groups is 1. The molecule has 7 heteroatoms. The third-order valence-corrected chi connectivity index (χ3v) is 6.15. The smallest absolute Gasteiger partial charge is 0.244 e. The van der Waals surface area contributed by atoms with E-state index in [1.807, 2.05) is 32.9 Å². The van der Waals surface area contributed by atoms with Crippen LogP contribution in [0.4, 0.5) is 5.69 Å². The number of carbonyl (C=O) groups excluding carboxylic acids is 1. The number of rotatable bonds is 7. The number of benzene rings is 2. The molecule has 0 saturated heterocycles. The minimum absolute atomic E-state index is 0.198. The van der Waals surface area contributed by atoms with Crippen molar-refractivity contribution in [1.82, 2.24) is 5.32 Å². The van der Waals surface area contributed by atoms with Gasteiger partial charge in [0.05, 0.1) is 18.0 Å². The molecule has 2 rings (SSSR count). The summed E-state index contributed by atoms with van der Waals surface area (Å²) in [6, 6.07) is 11.4. The molecule has 0 saturated carbocycles. The molecule has 0 bridgehead atoms. The Hall–Kier alpha value is -2.05. The Balaban J connectivity index is 2.31. The number of halogens is 1. The SMILES string of the molecule is CC[C@H](NC(=O)[C@H](C)N(c1cccc(Cl)c1)S(C)(=O)=O)c1ccc(C)cc1C. The number of sulfonamides is 1. The molecular weight excluding hydrogens is 396 g/mol. The van der Waals surface area contributed by atoms with Crippen molar-refractivity contribution in [3.05, 3.63) is 64.2 Å². The predicted octanol–water partition coefficient (Wildman–Crippen LogP) is 4.38. The molecule has 2 atom stereocenters. The van der Waals surface area contributed by atoms with Crippen molar-refractivity contribution in [2.75, 3.05) is 10.6 Å². The molecule has 0 aliphatic rings. The number of hydrogen-bond donors (Lipinski definition) is 1. The lowest BCUT2D eigenvalue weighted by Gasteiger charge is -2.30. The van der Waals surface area contributed by atoms with E-state index < -0.39 is 16.1 Å². The van der Waals surface area contributed by atoms with Gasteiger partial charge in [0.15, 0.2) is 0 Å². The normalized spacial score (nSPS) is 13.6. The van der Waals surface area contributed by atoms with Gasteiger partial charge in [0.1, 0.15) is 6.04 Å². The number of nitrogens with one attached hydrogen (secondary N) is 1. The Labute approximate surface area is 172 Å². The zero-order chi connectivity index (χ0) is 21.1. The first-order valence-electron chi connectivity index (χ1n) is 9.17. The minimum Gasteiger partial charge on any atom is -0.347 e. The highest BCUT2D eigenvalue weighted by Gasteiger charge is 2.30. The van der Waals surface area contributed by atoms with Crippen molar-refractivity contribution in [3.63, 3.8) is 0 Å². The van der Waals surface area contributed by atoms with Crippen LogP contribution in [0.3, 0.4) is 0 Å². The van der Waals surface area contributed by atoms with E-state index in [-0.39, 0.29) is 11.9 Å². The summed E-state index contributed by atoms with van der Waals surface area (Å²) < 4.78 is 25.9. The van der Waals surface area contributed by atoms with E-state index in [1.54, 1.807) is 25.1 Å². The van der Waals surface area contributed by atoms with Gasteiger partial charge in [0.2, 0.25) is 15.9 Å². The lowest BCUT2D eigenvalue weighted by molar-refractivity contribution is -0.122. The minimum atomic E-state index is -3.69. The molecule has 0 aliphatic carbocycles. The standard InChI is InChI=1S/C21H27ClN2O3S/c1-6-20(19-11-10-14(2)12-15(19)3)23-21(25)16(4)24(28(5,26)27)18-9-7-8-17(22)13-18/h7-13,16,20H,6H2,1-5H3,(H,23,25)/t16-,20-/m0/s1. The van der Waals surface area contributed by atoms with Crippen LogP contribution in [0.15, 0.2) is 42.5 Å². The third kappa shape index (κ3) is 5.26. The highest BCUT2D eigenvalue weighted by Crippen LogP contribution is 2.26. The summed E-state index contributed by atoms with van der Waals surface area (Å²) in [5, 5.41) is 3.41. The average Bonchev–Trinajstić information content (AvgIpc) is 2.59. The van der Waals surface area contributed by atoms with Crippen LogP contribution < -0.4 is 9.62 Å². The van der Waals surface area contributed by atoms with E-state index in [1.165, 1.54) is 6.07 Å². The largest absolute Gasteiger partial charge is 0.347 e. The Bertz CT molecular complexity index is 960. The molecule has 0 spiro atoms. The van der Waals surface area contributed by atoms with Crippen molar-refractivity contribution in [3.8, 4) is 0 Å². The van der Waals surface area contributed by atoms with E-state index in [0.717, 1.165) is 27.3 Å². The summed E-state index contributed by atoms with van der Waals surface area (Å²) in [5.74, 6) is -0.364. The van der Waals surface area contributed by atoms with Crippen LogP contribution in [-0.2, 0) is 14.8 Å². The monoisotopic (exact) mass is 422 g/mol. The van der Waals surface area contributed by atoms with Crippen LogP contribution in [0, 0.1) is 13.8 Å². The molecule has 1 amide bonds. The molecule has 1 N–H and O–H groups in total. The Morgan fingerprint density at radius 1 is 1.18 bits per heavy atom. The van der Waals surface area contributed by atoms with Crippen molar-refractivity contribution in [1.29, 1.82) is 0 Å². The molecule has 0 fully saturated rings. The predicted molar refractivity (Wildman–Crippen MR) is 115 cm³/mol. The van der Waals surface area contributed by atoms with Crippen LogP contribution in [-0.4, -0.2) is 26.6 Å². The summed E-state index contributed by atoms with van der Waals surface area (Å²) in [6.45, 7) is 7.59. The van der Waals surface area contributed by atoms with Crippen LogP contribution >= 0.6 is 11.6 Å². The molecule has 5 nitrogen and oxygen atoms in total. The molecule has 152 valence electrons. The molecule has 28 heavy (non-hydrogen) atoms. The number of aryl methyl sites for hydroxylation is 2. The zero-order valence-electron chi connectivity index (χ0n) is 16.9. The van der Waals surface area contributed by atoms with Gasteiger partial charge < -0.3 is 5.32 Å². The van der Waals surface area contributed by atoms with Crippen LogP contribution in [0.2, 0.25) is 5.02 Å². The second-order valence-corrected chi connectivity index (χ2v) is 9.34. The molecule has 0 aromatic heterocycles. The van der Waals surface area contributed by atoms with E-state index >= 15 is 0 Å². The summed E-state index contributed by atoms with van der Waals surface area (Å²) in [7, 11) is -3.69. The average molecular weight is 423 g/mol. The molecule has 2 aromatic carbocycles. The van der Waals surface area contributed by atoms with E-state index in [0.29, 0.717) is 17.1 Å². The van der Waals surface area contributed by atoms with E-state index in [9.17, 15) is 13.2 Å². The second kappa shape index (κ2) is 8.97. The van der Waals surface area contributed by atoms with Crippen LogP contribution in [0.25, 0.3) is 0 Å². The fourth-order valence-electron chi connectivity index (χ4n) is 3.33. The highest BCUT2D eigenvalue weighted by molar-refractivity contribution is 7.92. The van der Waals surface area contributed by atoms with Gasteiger partial charge in [-0.15, -0.1) is 0 Å². The maximum absolute atomic E-state index is 13.0. The third-order valence-electron chi connectivity index (χ3n) is 4.68. The Kier molecular flexibility index (Phi) is 7.12. The first-order valence-corrected chi connectivity index (χ1v) is 11.4. The van der Waals surface area contributed by atoms with Crippen molar-refractivity contribution in [2.24, 2.45) is 0 Å². The molecular formula is C21H27ClN2O3S. The van der Waals surface area contributed by atoms with Gasteiger partial charge in [-0.25, -0.2) is 8.42 Å². The molecule has 0 radical (unpaired) electrons. The van der Waals surface area contributed by atoms with Crippen LogP contribution in [0.5, 0.6) is 0 Å². The van der Waals surface area contributed by atoms with Gasteiger partial charge in [-0.2, -0.15) is 0 Å². The lowest BCUT2D eigenvalue weighted by atomic mass is 9.97. The summed E-state index contributed by atoms with van der Waals surface area (Å²) in [5.41, 5.74) is 3.63. The molecule has 0 heterocycles. The number of nitrogens with zero attached hydrogens (tertiary/aromatic N) is 1. The van der Waals surface area contributed by atoms with Gasteiger partial charge in [-0.1, -0.05) is 48.4 Å². The summed E-state index contributed by atoms with van der Waals surface area (Å²) in [4.78, 5) is 13.0. The molecule has 2 aromatic rings. The van der Waals surface area contributed by atoms with Crippen molar-refractivity contribution in [2.45, 2.75) is 46.2 Å². The topological polar surface area (TPSA) is 66.5 Å². The fourth-order valence-corrected chi connectivity index (χ4v) is 4.68. The van der Waals surface area contributed by atoms with Crippen molar-refractivity contribution < 1.29 is 13.2 Å². The van der Waals surface area contributed by atoms with Crippen LogP contribution in [0.1, 0.15) is 43.0 Å². The zero-order valence-corrected chi connectivity index (χ0v) is 18.4. The van der Waals surface area contributed by atoms with Crippen molar-refractivity contribution >= 4 is 33.2 Å². The maximum Gasteiger partial charge on any atom is 0.244 e. The Morgan fingerprint density at radius 3 is 2.39 bits per heavy atom. The highest BCUT2D eigenvalue weighted by atomic mass is 35.5. The van der Waals surface area contributed by atoms with Gasteiger partial charge in [-0.3, -0.25) is 9.10 Å². The molecule has 0 unspecified atom stereocenters. The molecule has 0 aliphatic heterocycles. The van der Waals surface area contributed by atoms with E-state index in [2.05, 4.69) is 11.4 Å². The van der Waals surface area contributed by atoms with Gasteiger partial charge in [0.25, 0.3) is 0 Å². The maximum atomic E-state index is 13.0. The van der Waals surface area contributed by atoms with Gasteiger partial charge in [-0.05, 0) is 56.5 Å². The first-order chi connectivity index (χ1) is 13.0. The van der Waals surface area contributed by atoms with E-state index in [4.69, 9.17) is 11.6 Å². The number of hydrogen-bond acceptors (Lipinski definition) is 3. The van der Waals surface area contributed by atoms with Gasteiger partial charge in [0, 0.05) is 5.02 Å².